The van der Waals surface area contributed by atoms with Crippen molar-refractivity contribution < 1.29 is 41.4 Å². The second-order valence-electron chi connectivity index (χ2n) is 0. The predicted molar refractivity (Wildman–Crippen MR) is 9.69 cm³/mol. The molecule has 0 bridgehead atoms. The van der Waals surface area contributed by atoms with Crippen LogP contribution in [-0.4, -0.2) is 0 Å². The zero-order chi connectivity index (χ0) is 4.00. The molecule has 0 saturated carbocycles. The first-order valence-corrected chi connectivity index (χ1v) is 1.25. The molecule has 5 heteroatoms. The minimum absolute atomic E-state index is 0. The summed E-state index contributed by atoms with van der Waals surface area (Å²) in [5.74, 6) is 0. The Labute approximate surface area is 50.8 Å². The zero-order valence-electron chi connectivity index (χ0n) is 2.05. The molecule has 0 unspecified atom stereocenters. The van der Waals surface area contributed by atoms with Crippen molar-refractivity contribution in [1.29, 1.82) is 0 Å². The van der Waals surface area contributed by atoms with E-state index in [1.807, 2.05) is 0 Å². The van der Waals surface area contributed by atoms with Gasteiger partial charge < -0.3 is 0 Å². The Morgan fingerprint density at radius 2 is 1.20 bits per heavy atom. The molecule has 0 rings (SSSR count). The molecule has 0 saturated heterocycles. The van der Waals surface area contributed by atoms with Crippen LogP contribution in [0, 0.1) is 0 Å². The summed E-state index contributed by atoms with van der Waals surface area (Å²) >= 11 is 1.69. The number of hydrogen-bond acceptors (Lipinski definition) is 2. The molecule has 0 radical (unpaired) electrons. The van der Waals surface area contributed by atoms with Crippen molar-refractivity contribution in [3.8, 4) is 0 Å². The molecule has 0 aliphatic heterocycles. The van der Waals surface area contributed by atoms with Gasteiger partial charge in [0.25, 0.3) is 0 Å². The fraction of sp³-hybridized carbons (Fsp3) is 0. The quantitative estimate of drug-likeness (QED) is 0.393. The molecule has 0 aromatic heterocycles. The van der Waals surface area contributed by atoms with Gasteiger partial charge >= 0.3 is 19.8 Å². The summed E-state index contributed by atoms with van der Waals surface area (Å²) in [7, 11) is 1.72. The third-order valence-corrected chi connectivity index (χ3v) is 0. The van der Waals surface area contributed by atoms with E-state index < -0.39 is 0 Å². The summed E-state index contributed by atoms with van der Waals surface area (Å²) in [6.07, 6.45) is 0. The summed E-state index contributed by atoms with van der Waals surface area (Å²) in [6, 6.07) is 0. The van der Waals surface area contributed by atoms with E-state index in [-0.39, 0.29) is 17.1 Å². The first-order valence-electron chi connectivity index (χ1n) is 0.358. The molecule has 5 heavy (non-hydrogen) atoms. The molecule has 0 heterocycles. The maximum atomic E-state index is 8.06. The summed E-state index contributed by atoms with van der Waals surface area (Å²) in [4.78, 5) is 0. The first-order chi connectivity index (χ1) is 2.00. The van der Waals surface area contributed by atoms with E-state index in [2.05, 4.69) is 0 Å². The van der Waals surface area contributed by atoms with E-state index in [0.717, 1.165) is 0 Å². The van der Waals surface area contributed by atoms with Gasteiger partial charge in [0.2, 0.25) is 0 Å². The second-order valence-corrected chi connectivity index (χ2v) is 0. The standard InChI is InChI=1S/Fe.Mn.HOP.O/c;;1-2;/h;;2H;. The minimum atomic E-state index is 0. The van der Waals surface area contributed by atoms with E-state index >= 15 is 0 Å². The van der Waals surface area contributed by atoms with Gasteiger partial charge in [0.1, 0.15) is 9.12 Å². The van der Waals surface area contributed by atoms with Gasteiger partial charge in [-0.3, -0.25) is 4.57 Å². The van der Waals surface area contributed by atoms with Gasteiger partial charge in [-0.15, -0.1) is 0 Å². The van der Waals surface area contributed by atoms with Gasteiger partial charge in [-0.05, 0) is 0 Å². The Morgan fingerprint density at radius 1 is 1.20 bits per heavy atom. The fourth-order valence-electron chi connectivity index (χ4n) is 0. The van der Waals surface area contributed by atoms with Gasteiger partial charge in [-0.2, -0.15) is 0 Å². The van der Waals surface area contributed by atoms with Gasteiger partial charge in [0, 0.05) is 17.1 Å². The first kappa shape index (κ1) is 16.8. The number of rotatable bonds is 0. The van der Waals surface area contributed by atoms with E-state index in [0.29, 0.717) is 0 Å². The Bertz CT molecular complexity index is 11.6. The van der Waals surface area contributed by atoms with E-state index in [1.54, 1.807) is 25.1 Å². The Balaban J connectivity index is -0.0000000133. The topological polar surface area (TPSA) is 34.1 Å². The van der Waals surface area contributed by atoms with Crippen molar-refractivity contribution in [2.24, 2.45) is 0 Å². The van der Waals surface area contributed by atoms with Crippen molar-refractivity contribution in [1.82, 2.24) is 0 Å². The Morgan fingerprint density at radius 3 is 1.20 bits per heavy atom. The SMILES string of the molecule is O=P.[Fe].[O]=[Mn]. The fourth-order valence-corrected chi connectivity index (χ4v) is 0. The van der Waals surface area contributed by atoms with Crippen molar-refractivity contribution in [2.75, 3.05) is 0 Å². The summed E-state index contributed by atoms with van der Waals surface area (Å²) in [5, 5.41) is 0. The van der Waals surface area contributed by atoms with E-state index in [1.165, 1.54) is 0 Å². The predicted octanol–water partition coefficient (Wildman–Crippen LogP) is 0.351. The van der Waals surface area contributed by atoms with Gasteiger partial charge in [0.15, 0.2) is 0 Å². The third-order valence-electron chi connectivity index (χ3n) is 0. The van der Waals surface area contributed by atoms with Gasteiger partial charge in [0.05, 0.1) is 0 Å². The van der Waals surface area contributed by atoms with E-state index in [9.17, 15) is 0 Å². The van der Waals surface area contributed by atoms with Crippen molar-refractivity contribution in [2.45, 2.75) is 0 Å². The normalized spacial score (nSPS) is 1.60. The van der Waals surface area contributed by atoms with Crippen LogP contribution < -0.4 is 0 Å². The molecule has 0 amide bonds. The van der Waals surface area contributed by atoms with Crippen LogP contribution in [0.4, 0.5) is 0 Å². The van der Waals surface area contributed by atoms with Crippen LogP contribution in [0.1, 0.15) is 0 Å². The third kappa shape index (κ3) is 48.4. The van der Waals surface area contributed by atoms with Crippen molar-refractivity contribution in [3.63, 3.8) is 0 Å². The summed E-state index contributed by atoms with van der Waals surface area (Å²) in [5.41, 5.74) is 0. The van der Waals surface area contributed by atoms with Gasteiger partial charge in [-0.1, -0.05) is 0 Å². The number of hydrogen-bond donors (Lipinski definition) is 0. The molecule has 0 aromatic carbocycles. The molecule has 0 aliphatic rings. The average molecular weight is 175 g/mol. The molecule has 0 fully saturated rings. The second kappa shape index (κ2) is 86.9. The van der Waals surface area contributed by atoms with Crippen LogP contribution in [0.3, 0.4) is 0 Å². The monoisotopic (exact) mass is 175 g/mol. The molecule has 0 N–H and O–H groups in total. The van der Waals surface area contributed by atoms with Crippen LogP contribution in [0.15, 0.2) is 0 Å². The molecule has 0 spiro atoms. The molecule has 33 valence electrons. The summed E-state index contributed by atoms with van der Waals surface area (Å²) < 4.78 is 16.1. The Kier molecular flexibility index (Phi) is 292. The summed E-state index contributed by atoms with van der Waals surface area (Å²) in [6.45, 7) is 0. The van der Waals surface area contributed by atoms with Crippen LogP contribution >= 0.6 is 9.12 Å². The van der Waals surface area contributed by atoms with Gasteiger partial charge in [-0.25, -0.2) is 0 Å². The molecular formula is HFeMnO2P. The van der Waals surface area contributed by atoms with Crippen LogP contribution in [0.5, 0.6) is 0 Å². The molecule has 0 atom stereocenters. The van der Waals surface area contributed by atoms with Crippen molar-refractivity contribution in [3.05, 3.63) is 0 Å². The molecule has 0 aliphatic carbocycles. The van der Waals surface area contributed by atoms with Crippen LogP contribution in [-0.2, 0) is 41.4 Å². The molecule has 2 nitrogen and oxygen atoms in total. The zero-order valence-corrected chi connectivity index (χ0v) is 5.33. The molecule has 0 aromatic rings. The Hall–Kier alpha value is 0.939. The van der Waals surface area contributed by atoms with Crippen molar-refractivity contribution >= 4 is 9.12 Å². The van der Waals surface area contributed by atoms with Crippen LogP contribution in [0.2, 0.25) is 0 Å². The average Bonchev–Trinajstić information content (AvgIpc) is 1.50. The maximum absolute atomic E-state index is 8.06. The van der Waals surface area contributed by atoms with Crippen LogP contribution in [0.25, 0.3) is 0 Å². The molecular weight excluding hydrogens is 174 g/mol. The van der Waals surface area contributed by atoms with E-state index in [4.69, 9.17) is 8.40 Å².